The Labute approximate surface area is 98.1 Å². The van der Waals surface area contributed by atoms with E-state index < -0.39 is 10.0 Å². The first-order valence-corrected chi connectivity index (χ1v) is 7.36. The fourth-order valence-corrected chi connectivity index (χ4v) is 2.57. The van der Waals surface area contributed by atoms with E-state index in [0.717, 1.165) is 11.1 Å². The molecule has 0 saturated carbocycles. The summed E-state index contributed by atoms with van der Waals surface area (Å²) in [5, 5.41) is 11.1. The SMILES string of the molecule is NS(=O)(=O)CCNc1ccc2sccc2c1. The highest BCUT2D eigenvalue weighted by Crippen LogP contribution is 2.23. The van der Waals surface area contributed by atoms with Gasteiger partial charge in [0.25, 0.3) is 0 Å². The van der Waals surface area contributed by atoms with Crippen LogP contribution in [0.2, 0.25) is 0 Å². The third kappa shape index (κ3) is 2.94. The van der Waals surface area contributed by atoms with E-state index in [9.17, 15) is 8.42 Å². The first kappa shape index (κ1) is 11.4. The van der Waals surface area contributed by atoms with Crippen LogP contribution >= 0.6 is 11.3 Å². The Hall–Kier alpha value is -1.11. The van der Waals surface area contributed by atoms with Gasteiger partial charge in [0.2, 0.25) is 10.0 Å². The third-order valence-electron chi connectivity index (χ3n) is 2.17. The predicted octanol–water partition coefficient (Wildman–Crippen LogP) is 1.60. The topological polar surface area (TPSA) is 72.2 Å². The molecule has 0 aliphatic carbocycles. The number of hydrogen-bond donors (Lipinski definition) is 2. The maximum atomic E-state index is 10.7. The number of anilines is 1. The number of benzene rings is 1. The van der Waals surface area contributed by atoms with Gasteiger partial charge in [-0.1, -0.05) is 0 Å². The summed E-state index contributed by atoms with van der Waals surface area (Å²) >= 11 is 1.68. The minimum atomic E-state index is -3.39. The molecule has 0 aliphatic heterocycles. The lowest BCUT2D eigenvalue weighted by Gasteiger charge is -2.05. The minimum Gasteiger partial charge on any atom is -0.384 e. The number of primary sulfonamides is 1. The number of nitrogens with two attached hydrogens (primary N) is 1. The van der Waals surface area contributed by atoms with Crippen LogP contribution in [0.5, 0.6) is 0 Å². The molecule has 1 aromatic heterocycles. The van der Waals surface area contributed by atoms with E-state index in [0.29, 0.717) is 6.54 Å². The molecule has 0 saturated heterocycles. The molecule has 0 unspecified atom stereocenters. The zero-order chi connectivity index (χ0) is 11.6. The molecule has 0 aliphatic rings. The van der Waals surface area contributed by atoms with E-state index in [1.807, 2.05) is 29.6 Å². The smallest absolute Gasteiger partial charge is 0.210 e. The zero-order valence-corrected chi connectivity index (χ0v) is 10.1. The highest BCUT2D eigenvalue weighted by Gasteiger charge is 2.02. The van der Waals surface area contributed by atoms with Crippen molar-refractivity contribution in [1.29, 1.82) is 0 Å². The lowest BCUT2D eigenvalue weighted by Crippen LogP contribution is -2.22. The van der Waals surface area contributed by atoms with Gasteiger partial charge in [-0.15, -0.1) is 11.3 Å². The quantitative estimate of drug-likeness (QED) is 0.872. The summed E-state index contributed by atoms with van der Waals surface area (Å²) in [7, 11) is -3.39. The average Bonchev–Trinajstić information content (AvgIpc) is 2.62. The van der Waals surface area contributed by atoms with Crippen molar-refractivity contribution < 1.29 is 8.42 Å². The Morgan fingerprint density at radius 1 is 1.31 bits per heavy atom. The van der Waals surface area contributed by atoms with Gasteiger partial charge in [0.1, 0.15) is 0 Å². The van der Waals surface area contributed by atoms with Crippen LogP contribution in [-0.4, -0.2) is 20.7 Å². The second-order valence-corrected chi connectivity index (χ2v) is 6.15. The summed E-state index contributed by atoms with van der Waals surface area (Å²) in [5.41, 5.74) is 0.912. The lowest BCUT2D eigenvalue weighted by atomic mass is 10.2. The number of rotatable bonds is 4. The molecule has 1 heterocycles. The van der Waals surface area contributed by atoms with Crippen molar-refractivity contribution in [3.8, 4) is 0 Å². The van der Waals surface area contributed by atoms with E-state index in [4.69, 9.17) is 5.14 Å². The standard InChI is InChI=1S/C10H12N2O2S2/c11-16(13,14)6-4-12-9-1-2-10-8(7-9)3-5-15-10/h1-3,5,7,12H,4,6H2,(H2,11,13,14). The zero-order valence-electron chi connectivity index (χ0n) is 8.51. The van der Waals surface area contributed by atoms with Crippen molar-refractivity contribution in [2.24, 2.45) is 5.14 Å². The highest BCUT2D eigenvalue weighted by molar-refractivity contribution is 7.89. The van der Waals surface area contributed by atoms with Gasteiger partial charge in [0, 0.05) is 16.9 Å². The molecule has 0 amide bonds. The number of thiophene rings is 1. The first-order chi connectivity index (χ1) is 7.54. The number of fused-ring (bicyclic) bond motifs is 1. The Kier molecular flexibility index (Phi) is 3.13. The van der Waals surface area contributed by atoms with Gasteiger partial charge in [-0.25, -0.2) is 13.6 Å². The molecule has 86 valence electrons. The Balaban J connectivity index is 2.04. The van der Waals surface area contributed by atoms with E-state index in [2.05, 4.69) is 5.32 Å². The normalized spacial score (nSPS) is 11.8. The molecule has 3 N–H and O–H groups in total. The van der Waals surface area contributed by atoms with Crippen molar-refractivity contribution in [2.75, 3.05) is 17.6 Å². The van der Waals surface area contributed by atoms with Crippen LogP contribution in [0.4, 0.5) is 5.69 Å². The van der Waals surface area contributed by atoms with Gasteiger partial charge < -0.3 is 5.32 Å². The maximum absolute atomic E-state index is 10.7. The Bertz CT molecular complexity index is 590. The minimum absolute atomic E-state index is 0.0608. The molecule has 16 heavy (non-hydrogen) atoms. The van der Waals surface area contributed by atoms with Gasteiger partial charge in [-0.3, -0.25) is 0 Å². The molecule has 0 spiro atoms. The summed E-state index contributed by atoms with van der Waals surface area (Å²) in [6.07, 6.45) is 0. The molecule has 2 aromatic rings. The van der Waals surface area contributed by atoms with Crippen molar-refractivity contribution >= 4 is 37.1 Å². The number of hydrogen-bond acceptors (Lipinski definition) is 4. The fraction of sp³-hybridized carbons (Fsp3) is 0.200. The van der Waals surface area contributed by atoms with Gasteiger partial charge in [-0.2, -0.15) is 0 Å². The molecule has 2 rings (SSSR count). The van der Waals surface area contributed by atoms with E-state index in [-0.39, 0.29) is 5.75 Å². The molecular weight excluding hydrogens is 244 g/mol. The van der Waals surface area contributed by atoms with Crippen molar-refractivity contribution in [3.05, 3.63) is 29.6 Å². The van der Waals surface area contributed by atoms with E-state index in [1.54, 1.807) is 11.3 Å². The summed E-state index contributed by atoms with van der Waals surface area (Å²) in [4.78, 5) is 0. The maximum Gasteiger partial charge on any atom is 0.210 e. The molecule has 1 aromatic carbocycles. The van der Waals surface area contributed by atoms with Crippen molar-refractivity contribution in [3.63, 3.8) is 0 Å². The predicted molar refractivity (Wildman–Crippen MR) is 68.3 cm³/mol. The van der Waals surface area contributed by atoms with E-state index in [1.165, 1.54) is 4.70 Å². The van der Waals surface area contributed by atoms with Crippen molar-refractivity contribution in [1.82, 2.24) is 0 Å². The molecule has 6 heteroatoms. The molecule has 0 bridgehead atoms. The van der Waals surface area contributed by atoms with Crippen LogP contribution < -0.4 is 10.5 Å². The Morgan fingerprint density at radius 3 is 2.88 bits per heavy atom. The fourth-order valence-electron chi connectivity index (χ4n) is 1.41. The van der Waals surface area contributed by atoms with Gasteiger partial charge >= 0.3 is 0 Å². The van der Waals surface area contributed by atoms with Crippen LogP contribution in [0.15, 0.2) is 29.6 Å². The largest absolute Gasteiger partial charge is 0.384 e. The van der Waals surface area contributed by atoms with E-state index >= 15 is 0 Å². The molecule has 4 nitrogen and oxygen atoms in total. The highest BCUT2D eigenvalue weighted by atomic mass is 32.2. The number of sulfonamides is 1. The summed E-state index contributed by atoms with van der Waals surface area (Å²) < 4.78 is 22.7. The average molecular weight is 256 g/mol. The summed E-state index contributed by atoms with van der Waals surface area (Å²) in [5.74, 6) is -0.0608. The second-order valence-electron chi connectivity index (χ2n) is 3.47. The van der Waals surface area contributed by atoms with Crippen LogP contribution in [0.1, 0.15) is 0 Å². The first-order valence-electron chi connectivity index (χ1n) is 4.76. The monoisotopic (exact) mass is 256 g/mol. The van der Waals surface area contributed by atoms with Crippen molar-refractivity contribution in [2.45, 2.75) is 0 Å². The van der Waals surface area contributed by atoms with Gasteiger partial charge in [0.05, 0.1) is 5.75 Å². The molecular formula is C10H12N2O2S2. The Morgan fingerprint density at radius 2 is 2.12 bits per heavy atom. The molecule has 0 fully saturated rings. The van der Waals surface area contributed by atoms with Crippen LogP contribution in [0.3, 0.4) is 0 Å². The third-order valence-corrected chi connectivity index (χ3v) is 3.84. The summed E-state index contributed by atoms with van der Waals surface area (Å²) in [6, 6.07) is 7.97. The second kappa shape index (κ2) is 4.40. The number of nitrogens with one attached hydrogen (secondary N) is 1. The van der Waals surface area contributed by atoms with Gasteiger partial charge in [-0.05, 0) is 35.0 Å². The van der Waals surface area contributed by atoms with Gasteiger partial charge in [0.15, 0.2) is 0 Å². The van der Waals surface area contributed by atoms with Crippen LogP contribution in [0, 0.1) is 0 Å². The molecule has 0 atom stereocenters. The van der Waals surface area contributed by atoms with Crippen LogP contribution in [-0.2, 0) is 10.0 Å². The summed E-state index contributed by atoms with van der Waals surface area (Å²) in [6.45, 7) is 0.328. The molecule has 0 radical (unpaired) electrons. The van der Waals surface area contributed by atoms with Crippen LogP contribution in [0.25, 0.3) is 10.1 Å². The lowest BCUT2D eigenvalue weighted by molar-refractivity contribution is 0.598.